The van der Waals surface area contributed by atoms with Crippen LogP contribution in [0.1, 0.15) is 22.3 Å². The first-order chi connectivity index (χ1) is 16.4. The molecule has 5 rings (SSSR count). The van der Waals surface area contributed by atoms with Crippen molar-refractivity contribution in [3.8, 4) is 5.69 Å². The van der Waals surface area contributed by atoms with Gasteiger partial charge in [0.25, 0.3) is 11.2 Å². The van der Waals surface area contributed by atoms with Crippen LogP contribution in [0.5, 0.6) is 0 Å². The summed E-state index contributed by atoms with van der Waals surface area (Å²) in [6.07, 6.45) is 0. The molecule has 0 aliphatic rings. The zero-order chi connectivity index (χ0) is 24.0. The molecule has 0 radical (unpaired) electrons. The Morgan fingerprint density at radius 2 is 1.71 bits per heavy atom. The van der Waals surface area contributed by atoms with Crippen LogP contribution in [-0.2, 0) is 5.75 Å². The van der Waals surface area contributed by atoms with Gasteiger partial charge in [0.15, 0.2) is 5.16 Å². The predicted octanol–water partition coefficient (Wildman–Crippen LogP) is 5.16. The van der Waals surface area contributed by atoms with E-state index in [4.69, 9.17) is 0 Å². The van der Waals surface area contributed by atoms with Gasteiger partial charge in [0.2, 0.25) is 5.78 Å². The highest BCUT2D eigenvalue weighted by molar-refractivity contribution is 7.98. The minimum atomic E-state index is -0.369. The van der Waals surface area contributed by atoms with Gasteiger partial charge in [-0.2, -0.15) is 0 Å². The minimum Gasteiger partial charge on any atom is -0.268 e. The van der Waals surface area contributed by atoms with E-state index in [9.17, 15) is 14.9 Å². The zero-order valence-electron chi connectivity index (χ0n) is 18.8. The number of aryl methyl sites for hydroxylation is 1. The van der Waals surface area contributed by atoms with E-state index >= 15 is 0 Å². The van der Waals surface area contributed by atoms with Gasteiger partial charge in [-0.15, -0.1) is 10.2 Å². The molecule has 34 heavy (non-hydrogen) atoms. The highest BCUT2D eigenvalue weighted by Gasteiger charge is 2.20. The highest BCUT2D eigenvalue weighted by atomic mass is 32.2. The van der Waals surface area contributed by atoms with Gasteiger partial charge in [0.05, 0.1) is 21.5 Å². The molecule has 170 valence electrons. The van der Waals surface area contributed by atoms with Crippen molar-refractivity contribution < 1.29 is 4.92 Å². The minimum absolute atomic E-state index is 0.0958. The molecule has 2 heterocycles. The maximum Gasteiger partial charge on any atom is 0.272 e. The van der Waals surface area contributed by atoms with Gasteiger partial charge in [-0.1, -0.05) is 48.2 Å². The molecule has 0 spiro atoms. The van der Waals surface area contributed by atoms with Crippen LogP contribution in [0.25, 0.3) is 22.4 Å². The molecule has 0 bridgehead atoms. The fourth-order valence-electron chi connectivity index (χ4n) is 4.13. The second kappa shape index (κ2) is 8.42. The Morgan fingerprint density at radius 3 is 2.50 bits per heavy atom. The number of thioether (sulfide) groups is 1. The van der Waals surface area contributed by atoms with Crippen LogP contribution >= 0.6 is 11.8 Å². The Hall–Kier alpha value is -3.98. The topological polar surface area (TPSA) is 95.3 Å². The third-order valence-corrected chi connectivity index (χ3v) is 7.16. The van der Waals surface area contributed by atoms with Crippen LogP contribution in [0.4, 0.5) is 5.69 Å². The van der Waals surface area contributed by atoms with Gasteiger partial charge >= 0.3 is 0 Å². The van der Waals surface area contributed by atoms with E-state index in [1.807, 2.05) is 60.7 Å². The molecule has 2 aromatic heterocycles. The number of hydrogen-bond donors (Lipinski definition) is 0. The van der Waals surface area contributed by atoms with Crippen molar-refractivity contribution in [3.63, 3.8) is 0 Å². The summed E-state index contributed by atoms with van der Waals surface area (Å²) in [5.41, 5.74) is 4.96. The number of nitro benzene ring substituents is 1. The van der Waals surface area contributed by atoms with Crippen molar-refractivity contribution in [1.29, 1.82) is 0 Å². The summed E-state index contributed by atoms with van der Waals surface area (Å²) in [5, 5.41) is 21.3. The number of benzene rings is 3. The smallest absolute Gasteiger partial charge is 0.268 e. The molecule has 0 unspecified atom stereocenters. The summed E-state index contributed by atoms with van der Waals surface area (Å²) in [6, 6.07) is 18.3. The number of fused-ring (bicyclic) bond motifs is 3. The van der Waals surface area contributed by atoms with Crippen molar-refractivity contribution in [1.82, 2.24) is 19.2 Å². The summed E-state index contributed by atoms with van der Waals surface area (Å²) in [6.45, 7) is 5.75. The molecule has 5 aromatic rings. The van der Waals surface area contributed by atoms with E-state index in [2.05, 4.69) is 10.2 Å². The monoisotopic (exact) mass is 471 g/mol. The van der Waals surface area contributed by atoms with Crippen LogP contribution in [0.15, 0.2) is 70.6 Å². The third kappa shape index (κ3) is 3.45. The Morgan fingerprint density at radius 1 is 0.941 bits per heavy atom. The predicted molar refractivity (Wildman–Crippen MR) is 133 cm³/mol. The molecule has 8 nitrogen and oxygen atoms in total. The lowest BCUT2D eigenvalue weighted by Crippen LogP contribution is -2.22. The first kappa shape index (κ1) is 21.8. The summed E-state index contributed by atoms with van der Waals surface area (Å²) in [7, 11) is 0. The average Bonchev–Trinajstić information content (AvgIpc) is 3.25. The Kier molecular flexibility index (Phi) is 5.41. The largest absolute Gasteiger partial charge is 0.272 e. The van der Waals surface area contributed by atoms with Crippen LogP contribution in [0.3, 0.4) is 0 Å². The molecule has 0 saturated heterocycles. The fraction of sp³-hybridized carbons (Fsp3) is 0.160. The van der Waals surface area contributed by atoms with E-state index in [1.165, 1.54) is 17.8 Å². The van der Waals surface area contributed by atoms with Gasteiger partial charge < -0.3 is 0 Å². The highest BCUT2D eigenvalue weighted by Crippen LogP contribution is 2.30. The van der Waals surface area contributed by atoms with Gasteiger partial charge in [-0.25, -0.2) is 4.57 Å². The standard InChI is InChI=1S/C25H21N5O3S/c1-15-8-6-12-20(16(15)2)28-23(31)19-10-4-5-11-22(19)29-24(28)26-27-25(29)34-14-18-9-7-13-21(17(18)3)30(32)33/h4-13H,14H2,1-3H3. The molecule has 0 aliphatic carbocycles. The molecule has 0 saturated carbocycles. The van der Waals surface area contributed by atoms with Crippen LogP contribution in [0.2, 0.25) is 0 Å². The molecule has 0 amide bonds. The van der Waals surface area contributed by atoms with E-state index in [0.29, 0.717) is 33.2 Å². The van der Waals surface area contributed by atoms with E-state index in [0.717, 1.165) is 22.4 Å². The summed E-state index contributed by atoms with van der Waals surface area (Å²) >= 11 is 1.43. The van der Waals surface area contributed by atoms with E-state index in [1.54, 1.807) is 23.6 Å². The van der Waals surface area contributed by atoms with Gasteiger partial charge in [0.1, 0.15) is 0 Å². The molecule has 0 fully saturated rings. The van der Waals surface area contributed by atoms with Crippen molar-refractivity contribution in [2.24, 2.45) is 0 Å². The second-order valence-corrected chi connectivity index (χ2v) is 9.04. The Labute approximate surface area is 199 Å². The number of hydrogen-bond acceptors (Lipinski definition) is 6. The number of para-hydroxylation sites is 1. The van der Waals surface area contributed by atoms with Crippen molar-refractivity contribution in [2.75, 3.05) is 0 Å². The third-order valence-electron chi connectivity index (χ3n) is 6.18. The lowest BCUT2D eigenvalue weighted by Gasteiger charge is -2.14. The quantitative estimate of drug-likeness (QED) is 0.200. The van der Waals surface area contributed by atoms with Gasteiger partial charge in [-0.3, -0.25) is 19.3 Å². The van der Waals surface area contributed by atoms with Crippen molar-refractivity contribution in [3.05, 3.63) is 103 Å². The molecule has 3 aromatic carbocycles. The van der Waals surface area contributed by atoms with E-state index < -0.39 is 0 Å². The number of rotatable bonds is 5. The molecular weight excluding hydrogens is 450 g/mol. The Bertz CT molecular complexity index is 1650. The van der Waals surface area contributed by atoms with E-state index in [-0.39, 0.29) is 16.2 Å². The molecular formula is C25H21N5O3S. The fourth-order valence-corrected chi connectivity index (χ4v) is 5.14. The number of nitrogens with zero attached hydrogens (tertiary/aromatic N) is 5. The lowest BCUT2D eigenvalue weighted by molar-refractivity contribution is -0.385. The average molecular weight is 472 g/mol. The molecule has 0 atom stereocenters. The number of nitro groups is 1. The summed E-state index contributed by atoms with van der Waals surface area (Å²) < 4.78 is 3.50. The zero-order valence-corrected chi connectivity index (χ0v) is 19.7. The normalized spacial score (nSPS) is 11.4. The Balaban J connectivity index is 1.70. The van der Waals surface area contributed by atoms with Crippen LogP contribution in [0, 0.1) is 30.9 Å². The maximum absolute atomic E-state index is 13.6. The molecule has 0 N–H and O–H groups in total. The van der Waals surface area contributed by atoms with Crippen LogP contribution < -0.4 is 5.56 Å². The van der Waals surface area contributed by atoms with Gasteiger partial charge in [0, 0.05) is 17.4 Å². The van der Waals surface area contributed by atoms with Crippen molar-refractivity contribution in [2.45, 2.75) is 31.7 Å². The van der Waals surface area contributed by atoms with Crippen molar-refractivity contribution >= 4 is 34.1 Å². The maximum atomic E-state index is 13.6. The van der Waals surface area contributed by atoms with Gasteiger partial charge in [-0.05, 0) is 55.7 Å². The first-order valence-corrected chi connectivity index (χ1v) is 11.7. The molecule has 9 heteroatoms. The lowest BCUT2D eigenvalue weighted by atomic mass is 10.1. The second-order valence-electron chi connectivity index (χ2n) is 8.10. The number of aromatic nitrogens is 4. The SMILES string of the molecule is Cc1cccc(-n2c(=O)c3ccccc3n3c(SCc4cccc([N+](=O)[O-])c4C)nnc23)c1C. The summed E-state index contributed by atoms with van der Waals surface area (Å²) in [4.78, 5) is 24.5. The summed E-state index contributed by atoms with van der Waals surface area (Å²) in [5.74, 6) is 0.904. The first-order valence-electron chi connectivity index (χ1n) is 10.7. The molecule has 0 aliphatic heterocycles. The van der Waals surface area contributed by atoms with Crippen LogP contribution in [-0.4, -0.2) is 24.1 Å².